The Kier molecular flexibility index (Phi) is 3.90. The standard InChI is InChI=1S/C10H13ClO2/c1-12-9-4-3-8(5-6-11)10(7-9)13-2/h3-4,7H,5-6H2,1-2H3. The van der Waals surface area contributed by atoms with E-state index in [-0.39, 0.29) is 0 Å². The van der Waals surface area contributed by atoms with Gasteiger partial charge in [-0.1, -0.05) is 6.07 Å². The fourth-order valence-electron chi connectivity index (χ4n) is 1.16. The molecule has 2 nitrogen and oxygen atoms in total. The Morgan fingerprint density at radius 3 is 2.54 bits per heavy atom. The lowest BCUT2D eigenvalue weighted by atomic mass is 10.1. The Hall–Kier alpha value is -0.890. The first kappa shape index (κ1) is 10.2. The number of halogens is 1. The van der Waals surface area contributed by atoms with Gasteiger partial charge in [-0.2, -0.15) is 0 Å². The zero-order chi connectivity index (χ0) is 9.68. The van der Waals surface area contributed by atoms with E-state index in [4.69, 9.17) is 21.1 Å². The predicted octanol–water partition coefficient (Wildman–Crippen LogP) is 2.49. The molecular weight excluding hydrogens is 188 g/mol. The van der Waals surface area contributed by atoms with Crippen molar-refractivity contribution in [1.29, 1.82) is 0 Å². The second kappa shape index (κ2) is 4.97. The Labute approximate surface area is 83.4 Å². The van der Waals surface area contributed by atoms with Gasteiger partial charge in [0.15, 0.2) is 0 Å². The van der Waals surface area contributed by atoms with Gasteiger partial charge in [0.1, 0.15) is 11.5 Å². The van der Waals surface area contributed by atoms with Crippen molar-refractivity contribution in [3.05, 3.63) is 23.8 Å². The lowest BCUT2D eigenvalue weighted by molar-refractivity contribution is 0.391. The first-order valence-electron chi connectivity index (χ1n) is 4.08. The molecule has 13 heavy (non-hydrogen) atoms. The average Bonchev–Trinajstić information content (AvgIpc) is 2.19. The zero-order valence-corrected chi connectivity index (χ0v) is 8.60. The van der Waals surface area contributed by atoms with E-state index in [0.29, 0.717) is 5.88 Å². The maximum Gasteiger partial charge on any atom is 0.125 e. The van der Waals surface area contributed by atoms with E-state index in [1.807, 2.05) is 18.2 Å². The lowest BCUT2D eigenvalue weighted by Crippen LogP contribution is -1.94. The van der Waals surface area contributed by atoms with Gasteiger partial charge in [0.05, 0.1) is 14.2 Å². The molecule has 0 amide bonds. The molecule has 3 heteroatoms. The van der Waals surface area contributed by atoms with Gasteiger partial charge in [-0.05, 0) is 18.1 Å². The zero-order valence-electron chi connectivity index (χ0n) is 7.84. The summed E-state index contributed by atoms with van der Waals surface area (Å²) in [6, 6.07) is 5.74. The number of ether oxygens (including phenoxy) is 2. The number of aryl methyl sites for hydroxylation is 1. The molecule has 0 radical (unpaired) electrons. The third kappa shape index (κ3) is 2.52. The largest absolute Gasteiger partial charge is 0.497 e. The number of hydrogen-bond donors (Lipinski definition) is 0. The molecule has 0 N–H and O–H groups in total. The van der Waals surface area contributed by atoms with Crippen LogP contribution in [0.15, 0.2) is 18.2 Å². The number of alkyl halides is 1. The van der Waals surface area contributed by atoms with Crippen LogP contribution in [0.5, 0.6) is 11.5 Å². The van der Waals surface area contributed by atoms with E-state index in [1.165, 1.54) is 0 Å². The lowest BCUT2D eigenvalue weighted by Gasteiger charge is -2.08. The van der Waals surface area contributed by atoms with Gasteiger partial charge in [-0.15, -0.1) is 11.6 Å². The smallest absolute Gasteiger partial charge is 0.125 e. The average molecular weight is 201 g/mol. The summed E-state index contributed by atoms with van der Waals surface area (Å²) in [5.74, 6) is 2.23. The Morgan fingerprint density at radius 1 is 1.23 bits per heavy atom. The summed E-state index contributed by atoms with van der Waals surface area (Å²) in [6.07, 6.45) is 0.814. The molecular formula is C10H13ClO2. The summed E-state index contributed by atoms with van der Waals surface area (Å²) in [4.78, 5) is 0. The molecule has 0 aromatic heterocycles. The molecule has 0 unspecified atom stereocenters. The van der Waals surface area contributed by atoms with E-state index >= 15 is 0 Å². The molecule has 1 aromatic rings. The maximum atomic E-state index is 5.65. The maximum absolute atomic E-state index is 5.65. The van der Waals surface area contributed by atoms with Gasteiger partial charge in [0.2, 0.25) is 0 Å². The Bertz CT molecular complexity index is 274. The minimum atomic E-state index is 0.600. The van der Waals surface area contributed by atoms with Gasteiger partial charge in [-0.3, -0.25) is 0 Å². The van der Waals surface area contributed by atoms with Gasteiger partial charge in [0, 0.05) is 11.9 Å². The second-order valence-corrected chi connectivity index (χ2v) is 2.99. The van der Waals surface area contributed by atoms with Gasteiger partial charge in [0.25, 0.3) is 0 Å². The van der Waals surface area contributed by atoms with Crippen LogP contribution in [-0.4, -0.2) is 20.1 Å². The molecule has 0 spiro atoms. The molecule has 0 bridgehead atoms. The van der Waals surface area contributed by atoms with Crippen LogP contribution in [0, 0.1) is 0 Å². The van der Waals surface area contributed by atoms with Crippen LogP contribution in [0.3, 0.4) is 0 Å². The highest BCUT2D eigenvalue weighted by molar-refractivity contribution is 6.18. The van der Waals surface area contributed by atoms with Gasteiger partial charge >= 0.3 is 0 Å². The topological polar surface area (TPSA) is 18.5 Å². The minimum Gasteiger partial charge on any atom is -0.497 e. The molecule has 0 heterocycles. The van der Waals surface area contributed by atoms with Crippen molar-refractivity contribution in [3.63, 3.8) is 0 Å². The summed E-state index contributed by atoms with van der Waals surface area (Å²) in [5, 5.41) is 0. The number of hydrogen-bond acceptors (Lipinski definition) is 2. The molecule has 72 valence electrons. The first-order chi connectivity index (χ1) is 6.31. The molecule has 0 aliphatic heterocycles. The normalized spacial score (nSPS) is 9.77. The molecule has 1 rings (SSSR count). The Balaban J connectivity index is 2.93. The van der Waals surface area contributed by atoms with Crippen LogP contribution in [0.2, 0.25) is 0 Å². The molecule has 0 atom stereocenters. The summed E-state index contributed by atoms with van der Waals surface area (Å²) < 4.78 is 10.3. The predicted molar refractivity (Wildman–Crippen MR) is 54.0 cm³/mol. The van der Waals surface area contributed by atoms with Crippen LogP contribution >= 0.6 is 11.6 Å². The molecule has 0 aliphatic rings. The molecule has 0 fully saturated rings. The van der Waals surface area contributed by atoms with Crippen molar-refractivity contribution in [2.75, 3.05) is 20.1 Å². The van der Waals surface area contributed by atoms with Crippen LogP contribution in [-0.2, 0) is 6.42 Å². The number of rotatable bonds is 4. The highest BCUT2D eigenvalue weighted by Crippen LogP contribution is 2.24. The van der Waals surface area contributed by atoms with Crippen molar-refractivity contribution in [2.45, 2.75) is 6.42 Å². The quantitative estimate of drug-likeness (QED) is 0.696. The highest BCUT2D eigenvalue weighted by Gasteiger charge is 2.03. The third-order valence-corrected chi connectivity index (χ3v) is 2.05. The van der Waals surface area contributed by atoms with Crippen LogP contribution in [0.1, 0.15) is 5.56 Å². The van der Waals surface area contributed by atoms with Crippen molar-refractivity contribution >= 4 is 11.6 Å². The SMILES string of the molecule is COc1ccc(CCCl)c(OC)c1. The van der Waals surface area contributed by atoms with Crippen LogP contribution in [0.4, 0.5) is 0 Å². The molecule has 0 saturated carbocycles. The van der Waals surface area contributed by atoms with Gasteiger partial charge < -0.3 is 9.47 Å². The van der Waals surface area contributed by atoms with Gasteiger partial charge in [-0.25, -0.2) is 0 Å². The summed E-state index contributed by atoms with van der Waals surface area (Å²) in [6.45, 7) is 0. The molecule has 1 aromatic carbocycles. The van der Waals surface area contributed by atoms with Crippen molar-refractivity contribution in [3.8, 4) is 11.5 Å². The summed E-state index contributed by atoms with van der Waals surface area (Å²) in [5.41, 5.74) is 1.11. The van der Waals surface area contributed by atoms with Crippen LogP contribution < -0.4 is 9.47 Å². The minimum absolute atomic E-state index is 0.600. The highest BCUT2D eigenvalue weighted by atomic mass is 35.5. The van der Waals surface area contributed by atoms with E-state index in [0.717, 1.165) is 23.5 Å². The number of benzene rings is 1. The monoisotopic (exact) mass is 200 g/mol. The van der Waals surface area contributed by atoms with Crippen molar-refractivity contribution in [1.82, 2.24) is 0 Å². The molecule has 0 aliphatic carbocycles. The third-order valence-electron chi connectivity index (χ3n) is 1.86. The fourth-order valence-corrected chi connectivity index (χ4v) is 1.36. The van der Waals surface area contributed by atoms with Crippen molar-refractivity contribution in [2.24, 2.45) is 0 Å². The summed E-state index contributed by atoms with van der Waals surface area (Å²) >= 11 is 5.65. The van der Waals surface area contributed by atoms with E-state index in [9.17, 15) is 0 Å². The Morgan fingerprint density at radius 2 is 2.00 bits per heavy atom. The fraction of sp³-hybridized carbons (Fsp3) is 0.400. The molecule has 0 saturated heterocycles. The van der Waals surface area contributed by atoms with E-state index in [1.54, 1.807) is 14.2 Å². The first-order valence-corrected chi connectivity index (χ1v) is 4.62. The van der Waals surface area contributed by atoms with E-state index in [2.05, 4.69) is 0 Å². The van der Waals surface area contributed by atoms with E-state index < -0.39 is 0 Å². The number of methoxy groups -OCH3 is 2. The summed E-state index contributed by atoms with van der Waals surface area (Å²) in [7, 11) is 3.28. The van der Waals surface area contributed by atoms with Crippen LogP contribution in [0.25, 0.3) is 0 Å². The second-order valence-electron chi connectivity index (χ2n) is 2.62. The van der Waals surface area contributed by atoms with Crippen molar-refractivity contribution < 1.29 is 9.47 Å².